The van der Waals surface area contributed by atoms with Crippen molar-refractivity contribution in [3.05, 3.63) is 23.7 Å². The number of esters is 1. The van der Waals surface area contributed by atoms with Gasteiger partial charge in [0, 0.05) is 45.3 Å². The second-order valence-corrected chi connectivity index (χ2v) is 7.29. The molecule has 0 spiro atoms. The Bertz CT molecular complexity index is 600. The lowest BCUT2D eigenvalue weighted by Crippen LogP contribution is -2.45. The second-order valence-electron chi connectivity index (χ2n) is 6.10. The fraction of sp³-hybridized carbons (Fsp3) is 0.647. The number of hydrogen-bond donors (Lipinski definition) is 0. The van der Waals surface area contributed by atoms with Gasteiger partial charge >= 0.3 is 5.97 Å². The zero-order valence-corrected chi connectivity index (χ0v) is 15.3. The first-order valence-corrected chi connectivity index (χ1v) is 9.61. The SMILES string of the molecule is CC(=O)OCc1ccc(C2SCCC(=O)N2CCN2CCOCC2)o1. The van der Waals surface area contributed by atoms with Crippen LogP contribution in [0.3, 0.4) is 0 Å². The van der Waals surface area contributed by atoms with E-state index in [0.717, 1.165) is 44.4 Å². The van der Waals surface area contributed by atoms with Crippen LogP contribution in [-0.2, 0) is 25.7 Å². The van der Waals surface area contributed by atoms with Crippen LogP contribution in [0, 0.1) is 0 Å². The van der Waals surface area contributed by atoms with Crippen molar-refractivity contribution in [3.8, 4) is 0 Å². The van der Waals surface area contributed by atoms with Gasteiger partial charge in [-0.2, -0.15) is 0 Å². The number of hydrogen-bond acceptors (Lipinski definition) is 7. The van der Waals surface area contributed by atoms with Gasteiger partial charge in [-0.05, 0) is 12.1 Å². The average Bonchev–Trinajstić information content (AvgIpc) is 3.08. The van der Waals surface area contributed by atoms with Gasteiger partial charge in [-0.15, -0.1) is 11.8 Å². The van der Waals surface area contributed by atoms with Gasteiger partial charge in [-0.3, -0.25) is 14.5 Å². The van der Waals surface area contributed by atoms with E-state index in [-0.39, 0.29) is 23.9 Å². The molecular formula is C17H24N2O5S. The van der Waals surface area contributed by atoms with Crippen LogP contribution >= 0.6 is 11.8 Å². The Labute approximate surface area is 151 Å². The van der Waals surface area contributed by atoms with Crippen LogP contribution in [0.4, 0.5) is 0 Å². The monoisotopic (exact) mass is 368 g/mol. The third-order valence-electron chi connectivity index (χ3n) is 4.30. The summed E-state index contributed by atoms with van der Waals surface area (Å²) in [4.78, 5) is 27.6. The molecule has 2 aliphatic rings. The lowest BCUT2D eigenvalue weighted by Gasteiger charge is -2.36. The van der Waals surface area contributed by atoms with E-state index in [1.807, 2.05) is 11.0 Å². The van der Waals surface area contributed by atoms with E-state index in [0.29, 0.717) is 18.7 Å². The Kier molecular flexibility index (Phi) is 6.39. The van der Waals surface area contributed by atoms with Crippen LogP contribution in [0.5, 0.6) is 0 Å². The smallest absolute Gasteiger partial charge is 0.303 e. The van der Waals surface area contributed by atoms with E-state index in [1.54, 1.807) is 17.8 Å². The third kappa shape index (κ3) is 4.99. The van der Waals surface area contributed by atoms with Gasteiger partial charge in [-0.1, -0.05) is 0 Å². The van der Waals surface area contributed by atoms with Crippen molar-refractivity contribution < 1.29 is 23.5 Å². The number of rotatable bonds is 6. The lowest BCUT2D eigenvalue weighted by atomic mass is 10.3. The first kappa shape index (κ1) is 18.3. The summed E-state index contributed by atoms with van der Waals surface area (Å²) in [5.41, 5.74) is 0. The molecule has 0 aromatic carbocycles. The maximum absolute atomic E-state index is 12.4. The molecule has 2 aliphatic heterocycles. The Hall–Kier alpha value is -1.51. The molecule has 3 rings (SSSR count). The minimum absolute atomic E-state index is 0.117. The summed E-state index contributed by atoms with van der Waals surface area (Å²) in [6.07, 6.45) is 0.561. The molecule has 25 heavy (non-hydrogen) atoms. The summed E-state index contributed by atoms with van der Waals surface area (Å²) in [6.45, 7) is 6.33. The first-order chi connectivity index (χ1) is 12.1. The fourth-order valence-corrected chi connectivity index (χ4v) is 4.16. The van der Waals surface area contributed by atoms with Crippen molar-refractivity contribution in [3.63, 3.8) is 0 Å². The van der Waals surface area contributed by atoms with Crippen molar-refractivity contribution in [2.75, 3.05) is 45.1 Å². The molecule has 1 unspecified atom stereocenters. The molecule has 0 bridgehead atoms. The highest BCUT2D eigenvalue weighted by atomic mass is 32.2. The molecule has 0 N–H and O–H groups in total. The summed E-state index contributed by atoms with van der Waals surface area (Å²) >= 11 is 1.71. The van der Waals surface area contributed by atoms with E-state index in [9.17, 15) is 9.59 Å². The average molecular weight is 368 g/mol. The van der Waals surface area contributed by atoms with Crippen molar-refractivity contribution in [1.29, 1.82) is 0 Å². The zero-order valence-electron chi connectivity index (χ0n) is 14.4. The van der Waals surface area contributed by atoms with Gasteiger partial charge in [0.15, 0.2) is 0 Å². The van der Waals surface area contributed by atoms with Gasteiger partial charge in [0.25, 0.3) is 0 Å². The minimum Gasteiger partial charge on any atom is -0.459 e. The highest BCUT2D eigenvalue weighted by molar-refractivity contribution is 7.99. The standard InChI is InChI=1S/C17H24N2O5S/c1-13(20)23-12-14-2-3-15(24-14)17-19(16(21)4-11-25-17)6-5-18-7-9-22-10-8-18/h2-3,17H,4-12H2,1H3. The summed E-state index contributed by atoms with van der Waals surface area (Å²) < 4.78 is 16.2. The molecule has 0 saturated carbocycles. The molecule has 1 amide bonds. The highest BCUT2D eigenvalue weighted by Crippen LogP contribution is 2.38. The van der Waals surface area contributed by atoms with E-state index < -0.39 is 0 Å². The molecule has 3 heterocycles. The zero-order chi connectivity index (χ0) is 17.6. The summed E-state index contributed by atoms with van der Waals surface area (Å²) in [5, 5.41) is -0.117. The van der Waals surface area contributed by atoms with Crippen LogP contribution in [0.1, 0.15) is 30.2 Å². The van der Waals surface area contributed by atoms with Crippen LogP contribution in [0.2, 0.25) is 0 Å². The maximum Gasteiger partial charge on any atom is 0.303 e. The molecule has 8 heteroatoms. The van der Waals surface area contributed by atoms with Gasteiger partial charge in [-0.25, -0.2) is 0 Å². The van der Waals surface area contributed by atoms with Crippen LogP contribution in [0.25, 0.3) is 0 Å². The molecule has 7 nitrogen and oxygen atoms in total. The molecule has 1 aromatic rings. The van der Waals surface area contributed by atoms with Gasteiger partial charge < -0.3 is 18.8 Å². The minimum atomic E-state index is -0.340. The van der Waals surface area contributed by atoms with E-state index in [4.69, 9.17) is 13.9 Å². The van der Waals surface area contributed by atoms with Gasteiger partial charge in [0.05, 0.1) is 13.2 Å². The number of amides is 1. The Morgan fingerprint density at radius 3 is 2.88 bits per heavy atom. The predicted molar refractivity (Wildman–Crippen MR) is 93.0 cm³/mol. The number of carbonyl (C=O) groups excluding carboxylic acids is 2. The second kappa shape index (κ2) is 8.73. The predicted octanol–water partition coefficient (Wildman–Crippen LogP) is 1.64. The molecule has 2 fully saturated rings. The fourth-order valence-electron chi connectivity index (χ4n) is 2.95. The molecule has 0 radical (unpaired) electrons. The molecule has 1 atom stereocenters. The van der Waals surface area contributed by atoms with Crippen molar-refractivity contribution in [2.45, 2.75) is 25.3 Å². The number of carbonyl (C=O) groups is 2. The summed E-state index contributed by atoms with van der Waals surface area (Å²) in [7, 11) is 0. The first-order valence-electron chi connectivity index (χ1n) is 8.56. The molecule has 0 aliphatic carbocycles. The normalized spacial score (nSPS) is 22.2. The maximum atomic E-state index is 12.4. The van der Waals surface area contributed by atoms with Crippen LogP contribution in [-0.4, -0.2) is 66.8 Å². The lowest BCUT2D eigenvalue weighted by molar-refractivity contribution is -0.142. The number of furan rings is 1. The van der Waals surface area contributed by atoms with Crippen LogP contribution in [0.15, 0.2) is 16.5 Å². The Morgan fingerprint density at radius 2 is 2.12 bits per heavy atom. The molecule has 138 valence electrons. The largest absolute Gasteiger partial charge is 0.459 e. The summed E-state index contributed by atoms with van der Waals surface area (Å²) in [6, 6.07) is 3.68. The summed E-state index contributed by atoms with van der Waals surface area (Å²) in [5.74, 6) is 1.94. The van der Waals surface area contributed by atoms with E-state index in [1.165, 1.54) is 6.92 Å². The van der Waals surface area contributed by atoms with Gasteiger partial charge in [0.2, 0.25) is 5.91 Å². The van der Waals surface area contributed by atoms with Crippen molar-refractivity contribution in [2.24, 2.45) is 0 Å². The molecule has 1 aromatic heterocycles. The topological polar surface area (TPSA) is 72.2 Å². The molecule has 2 saturated heterocycles. The quantitative estimate of drug-likeness (QED) is 0.707. The third-order valence-corrected chi connectivity index (χ3v) is 5.54. The Balaban J connectivity index is 1.62. The van der Waals surface area contributed by atoms with E-state index in [2.05, 4.69) is 4.90 Å². The number of nitrogens with zero attached hydrogens (tertiary/aromatic N) is 2. The number of morpholine rings is 1. The highest BCUT2D eigenvalue weighted by Gasteiger charge is 2.32. The van der Waals surface area contributed by atoms with Crippen molar-refractivity contribution in [1.82, 2.24) is 9.80 Å². The number of ether oxygens (including phenoxy) is 2. The van der Waals surface area contributed by atoms with Gasteiger partial charge in [0.1, 0.15) is 23.5 Å². The Morgan fingerprint density at radius 1 is 1.32 bits per heavy atom. The van der Waals surface area contributed by atoms with E-state index >= 15 is 0 Å². The number of thioether (sulfide) groups is 1. The van der Waals surface area contributed by atoms with Crippen molar-refractivity contribution >= 4 is 23.6 Å². The molecular weight excluding hydrogens is 344 g/mol. The van der Waals surface area contributed by atoms with Crippen LogP contribution < -0.4 is 0 Å².